The van der Waals surface area contributed by atoms with Crippen molar-refractivity contribution in [2.75, 3.05) is 6.61 Å². The molecule has 0 spiro atoms. The van der Waals surface area contributed by atoms with E-state index in [1.807, 2.05) is 12.2 Å². The van der Waals surface area contributed by atoms with E-state index in [1.165, 1.54) is 0 Å². The number of ether oxygens (including phenoxy) is 1. The molecular formula is C15H18O3. The van der Waals surface area contributed by atoms with Crippen LogP contribution in [0.25, 0.3) is 0 Å². The molecule has 0 aromatic carbocycles. The zero-order valence-corrected chi connectivity index (χ0v) is 10.5. The Morgan fingerprint density at radius 2 is 1.89 bits per heavy atom. The molecule has 7 unspecified atom stereocenters. The maximum absolute atomic E-state index is 12.4. The van der Waals surface area contributed by atoms with Crippen molar-refractivity contribution >= 4 is 11.6 Å². The average molecular weight is 246 g/mol. The Kier molecular flexibility index (Phi) is 2.14. The van der Waals surface area contributed by atoms with E-state index in [0.29, 0.717) is 17.5 Å². The number of Topliss-reactive ketones (excluding diaryl/α,β-unsaturated/α-hetero) is 2. The van der Waals surface area contributed by atoms with E-state index in [1.54, 1.807) is 0 Å². The Bertz CT molecular complexity index is 453. The highest BCUT2D eigenvalue weighted by molar-refractivity contribution is 5.99. The van der Waals surface area contributed by atoms with Crippen molar-refractivity contribution < 1.29 is 14.3 Å². The topological polar surface area (TPSA) is 43.4 Å². The Morgan fingerprint density at radius 1 is 1.17 bits per heavy atom. The van der Waals surface area contributed by atoms with E-state index in [-0.39, 0.29) is 35.7 Å². The van der Waals surface area contributed by atoms with Gasteiger partial charge in [0.05, 0.1) is 6.10 Å². The highest BCUT2D eigenvalue weighted by atomic mass is 16.5. The molecule has 3 heteroatoms. The first-order valence-electron chi connectivity index (χ1n) is 7.11. The van der Waals surface area contributed by atoms with Crippen LogP contribution in [0.3, 0.4) is 0 Å². The molecule has 0 aromatic rings. The van der Waals surface area contributed by atoms with Gasteiger partial charge in [0.1, 0.15) is 11.6 Å². The lowest BCUT2D eigenvalue weighted by Crippen LogP contribution is -2.35. The summed E-state index contributed by atoms with van der Waals surface area (Å²) in [5.41, 5.74) is 0. The normalized spacial score (nSPS) is 51.5. The second-order valence-electron chi connectivity index (χ2n) is 6.17. The molecule has 7 atom stereocenters. The fraction of sp³-hybridized carbons (Fsp3) is 0.733. The van der Waals surface area contributed by atoms with Crippen molar-refractivity contribution in [2.24, 2.45) is 35.5 Å². The van der Waals surface area contributed by atoms with E-state index in [0.717, 1.165) is 19.4 Å². The lowest BCUT2D eigenvalue weighted by atomic mass is 9.72. The summed E-state index contributed by atoms with van der Waals surface area (Å²) >= 11 is 0. The van der Waals surface area contributed by atoms with E-state index in [4.69, 9.17) is 4.74 Å². The molecule has 3 fully saturated rings. The minimum absolute atomic E-state index is 0.00968. The summed E-state index contributed by atoms with van der Waals surface area (Å²) in [6.07, 6.45) is 6.02. The van der Waals surface area contributed by atoms with Crippen molar-refractivity contribution in [1.82, 2.24) is 0 Å². The number of carbonyl (C=O) groups is 2. The highest BCUT2D eigenvalue weighted by Crippen LogP contribution is 2.62. The first kappa shape index (κ1) is 10.9. The van der Waals surface area contributed by atoms with Crippen LogP contribution in [0.2, 0.25) is 0 Å². The summed E-state index contributed by atoms with van der Waals surface area (Å²) in [5, 5.41) is 0. The van der Waals surface area contributed by atoms with Crippen molar-refractivity contribution in [3.05, 3.63) is 12.2 Å². The van der Waals surface area contributed by atoms with Crippen molar-refractivity contribution in [2.45, 2.75) is 25.9 Å². The summed E-state index contributed by atoms with van der Waals surface area (Å²) in [5.74, 6) is 1.51. The van der Waals surface area contributed by atoms with Gasteiger partial charge in [-0.15, -0.1) is 0 Å². The van der Waals surface area contributed by atoms with E-state index < -0.39 is 0 Å². The first-order valence-corrected chi connectivity index (χ1v) is 7.11. The monoisotopic (exact) mass is 246 g/mol. The number of ketones is 2. The lowest BCUT2D eigenvalue weighted by Gasteiger charge is -2.34. The fourth-order valence-corrected chi connectivity index (χ4v) is 4.92. The number of carbonyl (C=O) groups excluding carboxylic acids is 2. The second kappa shape index (κ2) is 3.53. The zero-order chi connectivity index (χ0) is 12.4. The summed E-state index contributed by atoms with van der Waals surface area (Å²) in [4.78, 5) is 24.5. The number of rotatable bonds is 3. The third-order valence-corrected chi connectivity index (χ3v) is 5.45. The van der Waals surface area contributed by atoms with Crippen LogP contribution in [0.5, 0.6) is 0 Å². The SMILES string of the molecule is CCCOC1CC2C(=O)C1C1C3C=CC(C3=O)C21. The molecule has 4 rings (SSSR count). The molecule has 0 amide bonds. The maximum Gasteiger partial charge on any atom is 0.147 e. The predicted molar refractivity (Wildman–Crippen MR) is 64.7 cm³/mol. The minimum atomic E-state index is 0.00968. The Hall–Kier alpha value is -0.960. The van der Waals surface area contributed by atoms with Crippen LogP contribution in [0, 0.1) is 35.5 Å². The highest BCUT2D eigenvalue weighted by Gasteiger charge is 2.68. The van der Waals surface area contributed by atoms with Crippen molar-refractivity contribution in [3.63, 3.8) is 0 Å². The Morgan fingerprint density at radius 3 is 2.61 bits per heavy atom. The van der Waals surface area contributed by atoms with E-state index >= 15 is 0 Å². The second-order valence-corrected chi connectivity index (χ2v) is 6.17. The van der Waals surface area contributed by atoms with Gasteiger partial charge in [0.2, 0.25) is 0 Å². The summed E-state index contributed by atoms with van der Waals surface area (Å²) < 4.78 is 5.85. The molecule has 4 bridgehead atoms. The third kappa shape index (κ3) is 1.09. The molecule has 0 radical (unpaired) electrons. The summed E-state index contributed by atoms with van der Waals surface area (Å²) in [6, 6.07) is 0. The van der Waals surface area contributed by atoms with Crippen LogP contribution in [-0.4, -0.2) is 24.3 Å². The number of hydrogen-bond acceptors (Lipinski definition) is 3. The average Bonchev–Trinajstić information content (AvgIpc) is 3.05. The van der Waals surface area contributed by atoms with Crippen LogP contribution in [0.1, 0.15) is 19.8 Å². The molecule has 3 saturated carbocycles. The number of allylic oxidation sites excluding steroid dienone is 2. The van der Waals surface area contributed by atoms with Gasteiger partial charge in [0, 0.05) is 30.3 Å². The smallest absolute Gasteiger partial charge is 0.147 e. The van der Waals surface area contributed by atoms with Gasteiger partial charge in [-0.3, -0.25) is 9.59 Å². The molecule has 0 aromatic heterocycles. The standard InChI is InChI=1S/C15H18O3/c1-2-5-18-10-6-9-11-7-3-4-8(14(7)16)12(11)13(10)15(9)17/h3-4,7-13H,2,5-6H2,1H3. The van der Waals surface area contributed by atoms with E-state index in [2.05, 4.69) is 6.92 Å². The quantitative estimate of drug-likeness (QED) is 0.561. The van der Waals surface area contributed by atoms with Gasteiger partial charge in [-0.25, -0.2) is 0 Å². The Balaban J connectivity index is 1.65. The molecule has 0 heterocycles. The molecule has 4 aliphatic rings. The van der Waals surface area contributed by atoms with Crippen LogP contribution in [0.15, 0.2) is 12.2 Å². The van der Waals surface area contributed by atoms with Gasteiger partial charge in [0.25, 0.3) is 0 Å². The molecule has 3 nitrogen and oxygen atoms in total. The van der Waals surface area contributed by atoms with Crippen LogP contribution in [-0.2, 0) is 14.3 Å². The molecule has 0 N–H and O–H groups in total. The Labute approximate surface area is 107 Å². The number of hydrogen-bond donors (Lipinski definition) is 0. The number of fused-ring (bicyclic) bond motifs is 9. The van der Waals surface area contributed by atoms with Crippen LogP contribution < -0.4 is 0 Å². The first-order chi connectivity index (χ1) is 8.74. The largest absolute Gasteiger partial charge is 0.377 e. The third-order valence-electron chi connectivity index (χ3n) is 5.45. The van der Waals surface area contributed by atoms with Gasteiger partial charge >= 0.3 is 0 Å². The van der Waals surface area contributed by atoms with Crippen LogP contribution >= 0.6 is 0 Å². The van der Waals surface area contributed by atoms with E-state index in [9.17, 15) is 9.59 Å². The van der Waals surface area contributed by atoms with Gasteiger partial charge < -0.3 is 4.74 Å². The molecule has 4 aliphatic carbocycles. The molecule has 96 valence electrons. The fourth-order valence-electron chi connectivity index (χ4n) is 4.92. The summed E-state index contributed by atoms with van der Waals surface area (Å²) in [6.45, 7) is 2.82. The molecule has 18 heavy (non-hydrogen) atoms. The molecular weight excluding hydrogens is 228 g/mol. The zero-order valence-electron chi connectivity index (χ0n) is 10.5. The van der Waals surface area contributed by atoms with Gasteiger partial charge in [-0.1, -0.05) is 19.1 Å². The molecule has 0 aliphatic heterocycles. The van der Waals surface area contributed by atoms with Crippen LogP contribution in [0.4, 0.5) is 0 Å². The van der Waals surface area contributed by atoms with Gasteiger partial charge in [-0.05, 0) is 24.7 Å². The van der Waals surface area contributed by atoms with Gasteiger partial charge in [-0.2, -0.15) is 0 Å². The van der Waals surface area contributed by atoms with Crippen molar-refractivity contribution in [3.8, 4) is 0 Å². The lowest BCUT2D eigenvalue weighted by molar-refractivity contribution is -0.126. The van der Waals surface area contributed by atoms with Crippen molar-refractivity contribution in [1.29, 1.82) is 0 Å². The summed E-state index contributed by atoms with van der Waals surface area (Å²) in [7, 11) is 0. The maximum atomic E-state index is 12.4. The molecule has 0 saturated heterocycles. The minimum Gasteiger partial charge on any atom is -0.377 e. The van der Waals surface area contributed by atoms with Gasteiger partial charge in [0.15, 0.2) is 0 Å². The predicted octanol–water partition coefficient (Wildman–Crippen LogP) is 1.62.